The van der Waals surface area contributed by atoms with Crippen molar-refractivity contribution >= 4 is 0 Å². The zero-order chi connectivity index (χ0) is 8.10. The van der Waals surface area contributed by atoms with Crippen LogP contribution in [0.2, 0.25) is 0 Å². The number of unbranched alkanes of at least 4 members (excludes halogenated alkanes) is 1. The fourth-order valence-electron chi connectivity index (χ4n) is 0.949. The van der Waals surface area contributed by atoms with Crippen molar-refractivity contribution in [1.29, 1.82) is 0 Å². The summed E-state index contributed by atoms with van der Waals surface area (Å²) in [4.78, 5) is 0. The molecule has 64 valence electrons. The predicted octanol–water partition coefficient (Wildman–Crippen LogP) is -0.0886. The minimum atomic E-state index is 0.565. The first-order valence-electron chi connectivity index (χ1n) is 4.06. The maximum atomic E-state index is 5.43. The second-order valence-corrected chi connectivity index (χ2v) is 2.64. The summed E-state index contributed by atoms with van der Waals surface area (Å²) >= 11 is 0. The molecular weight excluding hydrogens is 140 g/mol. The van der Waals surface area contributed by atoms with Crippen LogP contribution in [0, 0.1) is 0 Å². The lowest BCUT2D eigenvalue weighted by atomic mass is 10.3. The molecule has 0 spiro atoms. The van der Waals surface area contributed by atoms with Crippen molar-refractivity contribution < 1.29 is 0 Å². The van der Waals surface area contributed by atoms with Gasteiger partial charge in [0, 0.05) is 19.3 Å². The fraction of sp³-hybridized carbons (Fsp3) is 0.714. The third-order valence-corrected chi connectivity index (χ3v) is 1.64. The van der Waals surface area contributed by atoms with E-state index in [1.807, 2.05) is 11.2 Å². The van der Waals surface area contributed by atoms with Crippen LogP contribution in [-0.2, 0) is 0 Å². The lowest BCUT2D eigenvalue weighted by molar-refractivity contribution is 0.266. The quantitative estimate of drug-likeness (QED) is 0.532. The molecule has 1 aliphatic rings. The first-order valence-corrected chi connectivity index (χ1v) is 4.06. The highest BCUT2D eigenvalue weighted by Crippen LogP contribution is 1.99. The minimum absolute atomic E-state index is 0.565. The summed E-state index contributed by atoms with van der Waals surface area (Å²) < 4.78 is 0. The van der Waals surface area contributed by atoms with E-state index in [9.17, 15) is 0 Å². The summed E-state index contributed by atoms with van der Waals surface area (Å²) in [5, 5.41) is 2.02. The molecule has 4 heteroatoms. The third-order valence-electron chi connectivity index (χ3n) is 1.64. The molecule has 1 aliphatic heterocycles. The van der Waals surface area contributed by atoms with Gasteiger partial charge in [-0.05, 0) is 6.42 Å². The highest BCUT2D eigenvalue weighted by molar-refractivity contribution is 5.02. The molecule has 0 aliphatic carbocycles. The van der Waals surface area contributed by atoms with Crippen molar-refractivity contribution in [3.05, 3.63) is 11.9 Å². The van der Waals surface area contributed by atoms with Gasteiger partial charge in [-0.2, -0.15) is 0 Å². The molecule has 1 heterocycles. The summed E-state index contributed by atoms with van der Waals surface area (Å²) in [5.74, 6) is 0. The molecule has 11 heavy (non-hydrogen) atoms. The number of rotatable bonds is 4. The highest BCUT2D eigenvalue weighted by atomic mass is 15.7. The van der Waals surface area contributed by atoms with Crippen molar-refractivity contribution in [2.24, 2.45) is 5.73 Å². The molecule has 0 radical (unpaired) electrons. The average Bonchev–Trinajstić information content (AvgIpc) is 2.48. The highest BCUT2D eigenvalue weighted by Gasteiger charge is 2.07. The molecule has 4 nitrogen and oxygen atoms in total. The molecule has 1 rings (SSSR count). The van der Waals surface area contributed by atoms with Gasteiger partial charge in [0.15, 0.2) is 0 Å². The standard InChI is InChI=1S/C7H16N4/c1-2-3-4-11-6-7(5-8)9-10-11/h6,9-10H,2-5,8H2,1H3. The lowest BCUT2D eigenvalue weighted by Crippen LogP contribution is -2.37. The van der Waals surface area contributed by atoms with Crippen molar-refractivity contribution in [2.45, 2.75) is 19.8 Å². The molecule has 0 saturated carbocycles. The Kier molecular flexibility index (Phi) is 3.19. The van der Waals surface area contributed by atoms with Gasteiger partial charge in [0.1, 0.15) is 0 Å². The van der Waals surface area contributed by atoms with Gasteiger partial charge in [-0.25, -0.2) is 0 Å². The molecule has 0 aromatic carbocycles. The van der Waals surface area contributed by atoms with Crippen LogP contribution >= 0.6 is 0 Å². The number of hydrazine groups is 2. The lowest BCUT2D eigenvalue weighted by Gasteiger charge is -2.13. The van der Waals surface area contributed by atoms with Crippen LogP contribution in [0.1, 0.15) is 19.8 Å². The molecule has 0 aromatic heterocycles. The Hall–Kier alpha value is -0.740. The summed E-state index contributed by atoms with van der Waals surface area (Å²) in [6.45, 7) is 3.78. The zero-order valence-corrected chi connectivity index (χ0v) is 6.93. The van der Waals surface area contributed by atoms with E-state index in [-0.39, 0.29) is 0 Å². The molecule has 0 amide bonds. The van der Waals surface area contributed by atoms with E-state index in [1.54, 1.807) is 0 Å². The number of nitrogens with one attached hydrogen (secondary N) is 2. The van der Waals surface area contributed by atoms with Crippen molar-refractivity contribution in [3.8, 4) is 0 Å². The van der Waals surface area contributed by atoms with Crippen molar-refractivity contribution in [2.75, 3.05) is 13.1 Å². The first-order chi connectivity index (χ1) is 5.36. The molecule has 0 saturated heterocycles. The smallest absolute Gasteiger partial charge is 0.0589 e. The summed E-state index contributed by atoms with van der Waals surface area (Å²) in [6, 6.07) is 0. The maximum Gasteiger partial charge on any atom is 0.0589 e. The summed E-state index contributed by atoms with van der Waals surface area (Å²) in [7, 11) is 0. The second-order valence-electron chi connectivity index (χ2n) is 2.64. The van der Waals surface area contributed by atoms with E-state index < -0.39 is 0 Å². The van der Waals surface area contributed by atoms with Crippen molar-refractivity contribution in [3.63, 3.8) is 0 Å². The van der Waals surface area contributed by atoms with E-state index in [0.29, 0.717) is 6.54 Å². The number of nitrogens with zero attached hydrogens (tertiary/aromatic N) is 1. The largest absolute Gasteiger partial charge is 0.325 e. The predicted molar refractivity (Wildman–Crippen MR) is 45.0 cm³/mol. The van der Waals surface area contributed by atoms with Gasteiger partial charge < -0.3 is 11.2 Å². The van der Waals surface area contributed by atoms with Gasteiger partial charge in [0.25, 0.3) is 0 Å². The first kappa shape index (κ1) is 8.36. The molecule has 0 unspecified atom stereocenters. The molecule has 0 bridgehead atoms. The normalized spacial score (nSPS) is 16.5. The number of hydrogen-bond donors (Lipinski definition) is 3. The van der Waals surface area contributed by atoms with Gasteiger partial charge in [-0.15, -0.1) is 5.53 Å². The van der Waals surface area contributed by atoms with E-state index in [1.165, 1.54) is 12.8 Å². The SMILES string of the molecule is CCCCN1C=C(CN)NN1. The molecule has 0 fully saturated rings. The number of hydrogen-bond acceptors (Lipinski definition) is 4. The molecule has 0 atom stereocenters. The summed E-state index contributed by atoms with van der Waals surface area (Å²) in [5.41, 5.74) is 12.5. The molecule has 4 N–H and O–H groups in total. The van der Waals surface area contributed by atoms with Crippen LogP contribution in [0.4, 0.5) is 0 Å². The van der Waals surface area contributed by atoms with Crippen LogP contribution in [0.5, 0.6) is 0 Å². The monoisotopic (exact) mass is 156 g/mol. The van der Waals surface area contributed by atoms with E-state index in [0.717, 1.165) is 12.2 Å². The van der Waals surface area contributed by atoms with Crippen LogP contribution in [0.25, 0.3) is 0 Å². The number of nitrogens with two attached hydrogens (primary N) is 1. The Morgan fingerprint density at radius 2 is 2.45 bits per heavy atom. The Morgan fingerprint density at radius 1 is 1.64 bits per heavy atom. The van der Waals surface area contributed by atoms with Crippen LogP contribution in [0.15, 0.2) is 11.9 Å². The van der Waals surface area contributed by atoms with Gasteiger partial charge in [-0.3, -0.25) is 5.01 Å². The van der Waals surface area contributed by atoms with Crippen LogP contribution < -0.4 is 16.7 Å². The Morgan fingerprint density at radius 3 is 3.00 bits per heavy atom. The molecule has 0 aromatic rings. The van der Waals surface area contributed by atoms with E-state index >= 15 is 0 Å². The van der Waals surface area contributed by atoms with Crippen LogP contribution in [-0.4, -0.2) is 18.1 Å². The van der Waals surface area contributed by atoms with Crippen molar-refractivity contribution in [1.82, 2.24) is 16.0 Å². The third kappa shape index (κ3) is 2.40. The van der Waals surface area contributed by atoms with Crippen LogP contribution in [0.3, 0.4) is 0 Å². The second kappa shape index (κ2) is 4.20. The van der Waals surface area contributed by atoms with E-state index in [2.05, 4.69) is 17.9 Å². The van der Waals surface area contributed by atoms with Gasteiger partial charge in [0.2, 0.25) is 0 Å². The Balaban J connectivity index is 2.22. The topological polar surface area (TPSA) is 53.3 Å². The van der Waals surface area contributed by atoms with Gasteiger partial charge in [0.05, 0.1) is 5.70 Å². The Labute approximate surface area is 67.4 Å². The summed E-state index contributed by atoms with van der Waals surface area (Å²) in [6.07, 6.45) is 4.42. The molecular formula is C7H16N4. The average molecular weight is 156 g/mol. The Bertz CT molecular complexity index is 143. The fourth-order valence-corrected chi connectivity index (χ4v) is 0.949. The maximum absolute atomic E-state index is 5.43. The van der Waals surface area contributed by atoms with Gasteiger partial charge >= 0.3 is 0 Å². The van der Waals surface area contributed by atoms with E-state index in [4.69, 9.17) is 5.73 Å². The van der Waals surface area contributed by atoms with Gasteiger partial charge in [-0.1, -0.05) is 13.3 Å². The zero-order valence-electron chi connectivity index (χ0n) is 6.93. The minimum Gasteiger partial charge on any atom is -0.325 e.